The first-order valence-corrected chi connectivity index (χ1v) is 24.0. The molecule has 4 heterocycles. The molecule has 20 atom stereocenters. The molecule has 392 valence electrons. The van der Waals surface area contributed by atoms with E-state index in [1.54, 1.807) is 6.92 Å². The molecule has 0 aliphatic carbocycles. The first kappa shape index (κ1) is 57.4. The minimum Gasteiger partial charge on any atom is -0.457 e. The summed E-state index contributed by atoms with van der Waals surface area (Å²) < 4.78 is 77.3. The molecule has 4 aliphatic rings. The van der Waals surface area contributed by atoms with Crippen LogP contribution in [0, 0.1) is 0 Å². The second kappa shape index (κ2) is 27.5. The van der Waals surface area contributed by atoms with Gasteiger partial charge in [-0.15, -0.1) is 0 Å². The highest BCUT2D eigenvalue weighted by Crippen LogP contribution is 2.38. The van der Waals surface area contributed by atoms with Gasteiger partial charge in [0.15, 0.2) is 55.7 Å². The van der Waals surface area contributed by atoms with Crippen molar-refractivity contribution in [1.82, 2.24) is 0 Å². The molecule has 0 radical (unpaired) electrons. The third-order valence-corrected chi connectivity index (χ3v) is 12.1. The van der Waals surface area contributed by atoms with Crippen molar-refractivity contribution in [3.8, 4) is 0 Å². The Balaban J connectivity index is 1.69. The minimum atomic E-state index is -1.94. The lowest BCUT2D eigenvalue weighted by Gasteiger charge is -2.50. The molecular weight excluding hydrogens is 904 g/mol. The first-order chi connectivity index (χ1) is 32.2. The summed E-state index contributed by atoms with van der Waals surface area (Å²) in [6.07, 6.45) is -21.1. The van der Waals surface area contributed by atoms with E-state index >= 15 is 0 Å². The summed E-state index contributed by atoms with van der Waals surface area (Å²) in [5.74, 6) is -3.87. The van der Waals surface area contributed by atoms with Crippen LogP contribution in [-0.2, 0) is 85.6 Å². The molecule has 0 unspecified atom stereocenters. The minimum absolute atomic E-state index is 0.0790. The largest absolute Gasteiger partial charge is 0.457 e. The predicted octanol–water partition coefficient (Wildman–Crippen LogP) is 2.16. The highest BCUT2D eigenvalue weighted by molar-refractivity contribution is 5.69. The van der Waals surface area contributed by atoms with E-state index in [1.807, 2.05) is 6.92 Å². The fourth-order valence-corrected chi connectivity index (χ4v) is 8.68. The van der Waals surface area contributed by atoms with Crippen molar-refractivity contribution in [3.63, 3.8) is 0 Å². The second-order valence-electron chi connectivity index (χ2n) is 17.9. The molecule has 0 aromatic heterocycles. The van der Waals surface area contributed by atoms with Crippen LogP contribution >= 0.6 is 0 Å². The van der Waals surface area contributed by atoms with Crippen molar-refractivity contribution in [1.29, 1.82) is 0 Å². The summed E-state index contributed by atoms with van der Waals surface area (Å²) in [6, 6.07) is 0. The van der Waals surface area contributed by atoms with Gasteiger partial charge in [-0.3, -0.25) is 24.0 Å². The zero-order valence-electron chi connectivity index (χ0n) is 41.0. The van der Waals surface area contributed by atoms with Crippen LogP contribution in [0.2, 0.25) is 0 Å². The Kier molecular flexibility index (Phi) is 23.2. The van der Waals surface area contributed by atoms with Gasteiger partial charge in [0, 0.05) is 40.7 Å². The lowest BCUT2D eigenvalue weighted by molar-refractivity contribution is -0.385. The Morgan fingerprint density at radius 2 is 0.779 bits per heavy atom. The number of carbonyl (C=O) groups is 5. The Labute approximate surface area is 398 Å². The SMILES string of the molecule is CCCCCCCCO[C@@H]1O[C@@H](C)[C@H](OC(=O)CCCCC)[C@@H](O[C@@H]2O[C@@H](C)[C@H](OC(C)=O)[C@@H](O[C@@H]3O[C@@H](C)[C@H](OC(C)=O)[C@@H](O[C@@H]4O[C@@H](C)[C@H](O)[C@@H](OC(C)=O)[C@H]4O)[C@H]3O)[C@H]2OC(C)=O)[C@H]1O. The number of unbranched alkanes of at least 4 members (excludes halogenated alkanes) is 7. The number of carbonyl (C=O) groups excluding carboxylic acids is 5. The smallest absolute Gasteiger partial charge is 0.306 e. The summed E-state index contributed by atoms with van der Waals surface area (Å²) in [6.45, 7) is 14.8. The Morgan fingerprint density at radius 3 is 1.34 bits per heavy atom. The molecule has 0 amide bonds. The van der Waals surface area contributed by atoms with E-state index in [1.165, 1.54) is 20.8 Å². The van der Waals surface area contributed by atoms with E-state index in [2.05, 4.69) is 6.92 Å². The van der Waals surface area contributed by atoms with Crippen LogP contribution in [0.5, 0.6) is 0 Å². The van der Waals surface area contributed by atoms with Crippen LogP contribution in [-0.4, -0.2) is 180 Å². The standard InChI is InChI=1S/C46H76O22/c1-11-13-15-16-17-19-21-56-43-33(54)39(36(24(5)58-43)65-30(51)20-18-14-12-2)67-46-42(64-29(10)50)41(37(25(6)60-46)62-27(8)48)68-45-34(55)40(35(23(4)59-45)61-26(7)47)66-44-32(53)38(63-28(9)49)31(52)22(3)57-44/h22-25,31-46,52-55H,11-21H2,1-10H3/t22-,23-,24-,25-,31-,32+,33+,34+,35-,36-,37-,38+,39-,40-,41+,42+,43+,44-,45-,46-/m0/s1. The number of esters is 5. The van der Waals surface area contributed by atoms with E-state index in [9.17, 15) is 44.4 Å². The summed E-state index contributed by atoms with van der Waals surface area (Å²) in [4.78, 5) is 63.1. The van der Waals surface area contributed by atoms with Gasteiger partial charge < -0.3 is 82.0 Å². The Bertz CT molecular complexity index is 1600. The molecule has 0 bridgehead atoms. The fourth-order valence-electron chi connectivity index (χ4n) is 8.68. The van der Waals surface area contributed by atoms with Crippen molar-refractivity contribution in [2.45, 2.75) is 256 Å². The van der Waals surface area contributed by atoms with Gasteiger partial charge in [0.05, 0.1) is 24.4 Å². The zero-order chi connectivity index (χ0) is 50.4. The molecule has 4 aliphatic heterocycles. The van der Waals surface area contributed by atoms with Gasteiger partial charge in [0.1, 0.15) is 42.7 Å². The summed E-state index contributed by atoms with van der Waals surface area (Å²) in [5, 5.41) is 45.8. The van der Waals surface area contributed by atoms with Gasteiger partial charge in [0.2, 0.25) is 0 Å². The van der Waals surface area contributed by atoms with E-state index < -0.39 is 153 Å². The maximum atomic E-state index is 13.2. The molecule has 0 spiro atoms. The summed E-state index contributed by atoms with van der Waals surface area (Å²) in [5.41, 5.74) is 0. The van der Waals surface area contributed by atoms with E-state index in [0.717, 1.165) is 72.6 Å². The number of aliphatic hydroxyl groups is 4. The number of ether oxygens (including phenoxy) is 13. The van der Waals surface area contributed by atoms with Gasteiger partial charge in [-0.05, 0) is 40.5 Å². The molecule has 4 saturated heterocycles. The Hall–Kier alpha value is -3.13. The van der Waals surface area contributed by atoms with Gasteiger partial charge in [-0.25, -0.2) is 0 Å². The van der Waals surface area contributed by atoms with Crippen LogP contribution < -0.4 is 0 Å². The highest BCUT2D eigenvalue weighted by atomic mass is 16.8. The molecule has 0 aromatic carbocycles. The number of aliphatic hydroxyl groups excluding tert-OH is 4. The normalized spacial score (nSPS) is 38.5. The zero-order valence-corrected chi connectivity index (χ0v) is 41.0. The van der Waals surface area contributed by atoms with Crippen molar-refractivity contribution in [3.05, 3.63) is 0 Å². The van der Waals surface area contributed by atoms with Crippen LogP contribution in [0.15, 0.2) is 0 Å². The van der Waals surface area contributed by atoms with Crippen LogP contribution in [0.4, 0.5) is 0 Å². The molecule has 0 aromatic rings. The molecule has 4 fully saturated rings. The van der Waals surface area contributed by atoms with Crippen molar-refractivity contribution in [2.75, 3.05) is 6.61 Å². The average Bonchev–Trinajstić information content (AvgIpc) is 3.25. The molecule has 22 nitrogen and oxygen atoms in total. The fraction of sp³-hybridized carbons (Fsp3) is 0.891. The topological polar surface area (TPSA) is 286 Å². The highest BCUT2D eigenvalue weighted by Gasteiger charge is 2.58. The van der Waals surface area contributed by atoms with Gasteiger partial charge in [-0.1, -0.05) is 58.8 Å². The first-order valence-electron chi connectivity index (χ1n) is 24.0. The van der Waals surface area contributed by atoms with E-state index in [4.69, 9.17) is 61.6 Å². The quantitative estimate of drug-likeness (QED) is 0.0648. The summed E-state index contributed by atoms with van der Waals surface area (Å²) in [7, 11) is 0. The van der Waals surface area contributed by atoms with E-state index in [0.29, 0.717) is 12.8 Å². The maximum Gasteiger partial charge on any atom is 0.306 e. The predicted molar refractivity (Wildman–Crippen MR) is 232 cm³/mol. The van der Waals surface area contributed by atoms with E-state index in [-0.39, 0.29) is 13.0 Å². The Morgan fingerprint density at radius 1 is 0.397 bits per heavy atom. The number of hydrogen-bond acceptors (Lipinski definition) is 22. The van der Waals surface area contributed by atoms with Crippen molar-refractivity contribution in [2.24, 2.45) is 0 Å². The average molecular weight is 981 g/mol. The molecular formula is C46H76O22. The monoisotopic (exact) mass is 980 g/mol. The van der Waals surface area contributed by atoms with Crippen LogP contribution in [0.1, 0.15) is 133 Å². The van der Waals surface area contributed by atoms with Crippen molar-refractivity contribution < 1.29 is 106 Å². The molecule has 68 heavy (non-hydrogen) atoms. The summed E-state index contributed by atoms with van der Waals surface area (Å²) >= 11 is 0. The number of hydrogen-bond donors (Lipinski definition) is 4. The van der Waals surface area contributed by atoms with Gasteiger partial charge in [0.25, 0.3) is 0 Å². The second-order valence-corrected chi connectivity index (χ2v) is 17.9. The lowest BCUT2D eigenvalue weighted by Crippen LogP contribution is -2.68. The van der Waals surface area contributed by atoms with Gasteiger partial charge in [-0.2, -0.15) is 0 Å². The molecule has 0 saturated carbocycles. The van der Waals surface area contributed by atoms with Gasteiger partial charge >= 0.3 is 29.8 Å². The van der Waals surface area contributed by atoms with Crippen LogP contribution in [0.25, 0.3) is 0 Å². The maximum absolute atomic E-state index is 13.2. The molecule has 22 heteroatoms. The third kappa shape index (κ3) is 15.9. The third-order valence-electron chi connectivity index (χ3n) is 12.1. The molecule has 4 N–H and O–H groups in total. The van der Waals surface area contributed by atoms with Crippen LogP contribution in [0.3, 0.4) is 0 Å². The lowest BCUT2D eigenvalue weighted by atomic mass is 9.95. The number of rotatable bonds is 23. The molecule has 4 rings (SSSR count). The van der Waals surface area contributed by atoms with Crippen molar-refractivity contribution >= 4 is 29.8 Å².